The minimum atomic E-state index is 0.229. The zero-order valence-electron chi connectivity index (χ0n) is 12.3. The SMILES string of the molecule is CN(C)CC1CC2c3ccccc3Sc3sccc3C2O1. The summed E-state index contributed by atoms with van der Waals surface area (Å²) in [6.45, 7) is 1.00. The van der Waals surface area contributed by atoms with E-state index in [9.17, 15) is 0 Å². The third kappa shape index (κ3) is 2.44. The highest BCUT2D eigenvalue weighted by Crippen LogP contribution is 2.54. The molecule has 3 heterocycles. The van der Waals surface area contributed by atoms with Crippen LogP contribution in [0.1, 0.15) is 29.6 Å². The Morgan fingerprint density at radius 1 is 1.19 bits per heavy atom. The molecule has 21 heavy (non-hydrogen) atoms. The van der Waals surface area contributed by atoms with E-state index in [0.717, 1.165) is 13.0 Å². The number of nitrogens with zero attached hydrogens (tertiary/aromatic N) is 1. The van der Waals surface area contributed by atoms with E-state index in [-0.39, 0.29) is 6.10 Å². The van der Waals surface area contributed by atoms with Gasteiger partial charge in [-0.15, -0.1) is 11.3 Å². The van der Waals surface area contributed by atoms with Crippen LogP contribution in [0, 0.1) is 0 Å². The highest BCUT2D eigenvalue weighted by Gasteiger charge is 2.41. The Hall–Kier alpha value is -0.810. The molecule has 1 aromatic heterocycles. The Morgan fingerprint density at radius 2 is 2.05 bits per heavy atom. The molecule has 3 unspecified atom stereocenters. The molecule has 1 fully saturated rings. The zero-order valence-corrected chi connectivity index (χ0v) is 13.9. The third-order valence-electron chi connectivity index (χ3n) is 4.28. The molecule has 0 bridgehead atoms. The predicted molar refractivity (Wildman–Crippen MR) is 88.4 cm³/mol. The molecule has 1 aromatic carbocycles. The Labute approximate surface area is 134 Å². The number of likely N-dealkylation sites (N-methyl/N-ethyl adjacent to an activating group) is 1. The van der Waals surface area contributed by atoms with E-state index in [2.05, 4.69) is 54.7 Å². The normalized spacial score (nSPS) is 27.1. The van der Waals surface area contributed by atoms with Gasteiger partial charge in [-0.3, -0.25) is 0 Å². The van der Waals surface area contributed by atoms with Gasteiger partial charge >= 0.3 is 0 Å². The zero-order chi connectivity index (χ0) is 14.4. The first kappa shape index (κ1) is 13.8. The van der Waals surface area contributed by atoms with Crippen LogP contribution in [-0.2, 0) is 4.74 Å². The van der Waals surface area contributed by atoms with Crippen molar-refractivity contribution in [2.45, 2.75) is 33.7 Å². The Kier molecular flexibility index (Phi) is 3.58. The van der Waals surface area contributed by atoms with Gasteiger partial charge in [-0.05, 0) is 43.6 Å². The number of benzene rings is 1. The number of fused-ring (bicyclic) bond motifs is 5. The predicted octanol–water partition coefficient (Wildman–Crippen LogP) is 4.39. The summed E-state index contributed by atoms with van der Waals surface area (Å²) in [5.74, 6) is 0.495. The van der Waals surface area contributed by atoms with Crippen LogP contribution >= 0.6 is 23.1 Å². The van der Waals surface area contributed by atoms with Crippen molar-refractivity contribution in [3.63, 3.8) is 0 Å². The highest BCUT2D eigenvalue weighted by molar-refractivity contribution is 8.01. The minimum absolute atomic E-state index is 0.229. The average molecular weight is 317 g/mol. The maximum absolute atomic E-state index is 6.45. The van der Waals surface area contributed by atoms with Gasteiger partial charge in [0.1, 0.15) is 0 Å². The van der Waals surface area contributed by atoms with Gasteiger partial charge in [-0.25, -0.2) is 0 Å². The topological polar surface area (TPSA) is 12.5 Å². The van der Waals surface area contributed by atoms with Crippen LogP contribution in [0.5, 0.6) is 0 Å². The quantitative estimate of drug-likeness (QED) is 0.815. The number of hydrogen-bond acceptors (Lipinski definition) is 4. The molecular formula is C17H19NOS2. The molecule has 2 aliphatic heterocycles. The molecule has 0 amide bonds. The lowest BCUT2D eigenvalue weighted by molar-refractivity contribution is 0.0264. The molecule has 2 aromatic rings. The molecule has 1 saturated heterocycles. The molecule has 110 valence electrons. The second kappa shape index (κ2) is 5.43. The van der Waals surface area contributed by atoms with Gasteiger partial charge in [-0.2, -0.15) is 0 Å². The van der Waals surface area contributed by atoms with Crippen LogP contribution in [0.2, 0.25) is 0 Å². The van der Waals surface area contributed by atoms with Crippen LogP contribution < -0.4 is 0 Å². The van der Waals surface area contributed by atoms with Gasteiger partial charge in [0, 0.05) is 22.9 Å². The van der Waals surface area contributed by atoms with Gasteiger partial charge in [-0.1, -0.05) is 30.0 Å². The molecule has 0 saturated carbocycles. The van der Waals surface area contributed by atoms with Crippen molar-refractivity contribution in [1.29, 1.82) is 0 Å². The third-order valence-corrected chi connectivity index (χ3v) is 6.55. The fourth-order valence-corrected chi connectivity index (χ4v) is 5.72. The molecule has 4 rings (SSSR count). The van der Waals surface area contributed by atoms with E-state index in [4.69, 9.17) is 4.74 Å². The van der Waals surface area contributed by atoms with Crippen molar-refractivity contribution in [1.82, 2.24) is 4.90 Å². The fraction of sp³-hybridized carbons (Fsp3) is 0.412. The summed E-state index contributed by atoms with van der Waals surface area (Å²) in [6.07, 6.45) is 1.68. The maximum atomic E-state index is 6.45. The summed E-state index contributed by atoms with van der Waals surface area (Å²) in [5.41, 5.74) is 2.87. The molecule has 2 nitrogen and oxygen atoms in total. The van der Waals surface area contributed by atoms with Crippen LogP contribution in [-0.4, -0.2) is 31.6 Å². The van der Waals surface area contributed by atoms with Gasteiger partial charge in [0.15, 0.2) is 0 Å². The van der Waals surface area contributed by atoms with Crippen molar-refractivity contribution in [2.75, 3.05) is 20.6 Å². The highest BCUT2D eigenvalue weighted by atomic mass is 32.2. The van der Waals surface area contributed by atoms with Crippen LogP contribution in [0.4, 0.5) is 0 Å². The molecule has 0 N–H and O–H groups in total. The van der Waals surface area contributed by atoms with Gasteiger partial charge in [0.2, 0.25) is 0 Å². The molecule has 3 atom stereocenters. The summed E-state index contributed by atoms with van der Waals surface area (Å²) in [5, 5.41) is 2.20. The van der Waals surface area contributed by atoms with Crippen LogP contribution in [0.25, 0.3) is 0 Å². The molecular weight excluding hydrogens is 298 g/mol. The standard InChI is InChI=1S/C17H19NOS2/c1-18(2)10-11-9-14-12-5-3-4-6-15(12)21-17-13(7-8-20-17)16(14)19-11/h3-8,11,14,16H,9-10H2,1-2H3. The van der Waals surface area contributed by atoms with E-state index in [1.807, 2.05) is 23.1 Å². The van der Waals surface area contributed by atoms with E-state index in [1.54, 1.807) is 0 Å². The maximum Gasteiger partial charge on any atom is 0.0918 e. The number of rotatable bonds is 2. The smallest absolute Gasteiger partial charge is 0.0918 e. The van der Waals surface area contributed by atoms with E-state index in [1.165, 1.54) is 20.2 Å². The Morgan fingerprint density at radius 3 is 2.90 bits per heavy atom. The summed E-state index contributed by atoms with van der Waals surface area (Å²) in [7, 11) is 4.24. The fourth-order valence-electron chi connectivity index (χ4n) is 3.45. The monoisotopic (exact) mass is 317 g/mol. The van der Waals surface area contributed by atoms with Crippen LogP contribution in [0.15, 0.2) is 44.8 Å². The Balaban J connectivity index is 1.76. The first-order valence-electron chi connectivity index (χ1n) is 7.36. The van der Waals surface area contributed by atoms with Gasteiger partial charge in [0.25, 0.3) is 0 Å². The molecule has 0 spiro atoms. The summed E-state index contributed by atoms with van der Waals surface area (Å²) in [6, 6.07) is 11.1. The number of thiophene rings is 1. The summed E-state index contributed by atoms with van der Waals surface area (Å²) in [4.78, 5) is 3.63. The van der Waals surface area contributed by atoms with Crippen molar-refractivity contribution in [3.05, 3.63) is 46.8 Å². The minimum Gasteiger partial charge on any atom is -0.368 e. The number of hydrogen-bond donors (Lipinski definition) is 0. The largest absolute Gasteiger partial charge is 0.368 e. The van der Waals surface area contributed by atoms with E-state index >= 15 is 0 Å². The average Bonchev–Trinajstić information content (AvgIpc) is 3.03. The van der Waals surface area contributed by atoms with Crippen molar-refractivity contribution < 1.29 is 4.74 Å². The van der Waals surface area contributed by atoms with Crippen LogP contribution in [0.3, 0.4) is 0 Å². The second-order valence-corrected chi connectivity index (χ2v) is 8.31. The van der Waals surface area contributed by atoms with Crippen molar-refractivity contribution in [3.8, 4) is 0 Å². The molecule has 4 heteroatoms. The molecule has 0 aliphatic carbocycles. The lowest BCUT2D eigenvalue weighted by atomic mass is 9.88. The van der Waals surface area contributed by atoms with Gasteiger partial charge < -0.3 is 9.64 Å². The van der Waals surface area contributed by atoms with Crippen molar-refractivity contribution >= 4 is 23.1 Å². The first-order valence-corrected chi connectivity index (χ1v) is 9.06. The molecule has 2 aliphatic rings. The first-order chi connectivity index (χ1) is 10.2. The number of ether oxygens (including phenoxy) is 1. The summed E-state index contributed by atoms with van der Waals surface area (Å²) < 4.78 is 7.85. The van der Waals surface area contributed by atoms with E-state index in [0.29, 0.717) is 12.0 Å². The summed E-state index contributed by atoms with van der Waals surface area (Å²) >= 11 is 3.75. The lowest BCUT2D eigenvalue weighted by Crippen LogP contribution is -2.25. The lowest BCUT2D eigenvalue weighted by Gasteiger charge is -2.18. The van der Waals surface area contributed by atoms with Crippen molar-refractivity contribution in [2.24, 2.45) is 0 Å². The Bertz CT molecular complexity index is 652. The van der Waals surface area contributed by atoms with Gasteiger partial charge in [0.05, 0.1) is 16.4 Å². The van der Waals surface area contributed by atoms with E-state index < -0.39 is 0 Å². The molecule has 0 radical (unpaired) electrons. The second-order valence-electron chi connectivity index (χ2n) is 6.09.